The van der Waals surface area contributed by atoms with Crippen LogP contribution < -0.4 is 0 Å². The Balaban J connectivity index is 3.72. The van der Waals surface area contributed by atoms with E-state index in [9.17, 15) is 13.2 Å². The Morgan fingerprint density at radius 1 is 1.29 bits per heavy atom. The Kier molecular flexibility index (Phi) is 4.32. The van der Waals surface area contributed by atoms with Crippen molar-refractivity contribution >= 4 is 19.8 Å². The first-order valence-electron chi connectivity index (χ1n) is 1.44. The van der Waals surface area contributed by atoms with Gasteiger partial charge >= 0.3 is 57.0 Å². The van der Waals surface area contributed by atoms with Crippen molar-refractivity contribution in [1.29, 1.82) is 0 Å². The molecule has 0 nitrogen and oxygen atoms in total. The summed E-state index contributed by atoms with van der Waals surface area (Å²) < 4.78 is 32.3. The van der Waals surface area contributed by atoms with Crippen LogP contribution in [0.25, 0.3) is 0 Å². The SMILES string of the molecule is FC(F)=[C](F)[Zn][I]. The predicted molar refractivity (Wildman–Crippen MR) is 24.4 cm³/mol. The van der Waals surface area contributed by atoms with Crippen LogP contribution in [0, 0.1) is 0 Å². The van der Waals surface area contributed by atoms with E-state index in [1.54, 1.807) is 19.8 Å². The first-order valence-corrected chi connectivity index (χ1v) is 12.0. The molecule has 0 aromatic rings. The maximum absolute atomic E-state index is 11.5. The Morgan fingerprint density at radius 3 is 1.71 bits per heavy atom. The fourth-order valence-electron chi connectivity index (χ4n) is 0.0505. The summed E-state index contributed by atoms with van der Waals surface area (Å²) >= 11 is 0.0680. The van der Waals surface area contributed by atoms with E-state index in [1.165, 1.54) is 0 Å². The topological polar surface area (TPSA) is 0 Å². The van der Waals surface area contributed by atoms with Gasteiger partial charge in [0.15, 0.2) is 0 Å². The molecule has 0 aliphatic rings. The third-order valence-corrected chi connectivity index (χ3v) is 4.86. The van der Waals surface area contributed by atoms with Gasteiger partial charge in [-0.15, -0.1) is 0 Å². The third-order valence-electron chi connectivity index (χ3n) is 0.322. The van der Waals surface area contributed by atoms with Crippen LogP contribution in [-0.4, -0.2) is 0 Å². The molecule has 0 rings (SSSR count). The molecule has 0 saturated heterocycles. The molecule has 0 radical (unpaired) electrons. The Bertz CT molecular complexity index is 86.9. The van der Waals surface area contributed by atoms with Crippen molar-refractivity contribution in [2.45, 2.75) is 0 Å². The summed E-state index contributed by atoms with van der Waals surface area (Å²) in [5.74, 6) is 0. The van der Waals surface area contributed by atoms with Crippen LogP contribution in [0.4, 0.5) is 13.2 Å². The molecule has 0 aromatic heterocycles. The molecule has 0 aliphatic heterocycles. The van der Waals surface area contributed by atoms with Crippen molar-refractivity contribution in [3.8, 4) is 0 Å². The summed E-state index contributed by atoms with van der Waals surface area (Å²) in [4.78, 5) is 0. The van der Waals surface area contributed by atoms with E-state index in [2.05, 4.69) is 0 Å². The van der Waals surface area contributed by atoms with Gasteiger partial charge in [-0.2, -0.15) is 0 Å². The van der Waals surface area contributed by atoms with Crippen LogP contribution >= 0.6 is 19.8 Å². The van der Waals surface area contributed by atoms with Gasteiger partial charge in [-0.3, -0.25) is 0 Å². The quantitative estimate of drug-likeness (QED) is 0.508. The number of hydrogen-bond acceptors (Lipinski definition) is 0. The van der Waals surface area contributed by atoms with Crippen LogP contribution in [0.1, 0.15) is 0 Å². The minimum atomic E-state index is -2.13. The normalized spacial score (nSPS) is 7.43. The second-order valence-corrected chi connectivity index (χ2v) is 6.63. The molecule has 0 saturated carbocycles. The Morgan fingerprint density at radius 2 is 1.71 bits per heavy atom. The van der Waals surface area contributed by atoms with Crippen molar-refractivity contribution in [2.24, 2.45) is 0 Å². The summed E-state index contributed by atoms with van der Waals surface area (Å²) in [6, 6.07) is 0. The van der Waals surface area contributed by atoms with Gasteiger partial charge in [0, 0.05) is 0 Å². The first-order chi connectivity index (χ1) is 3.18. The van der Waals surface area contributed by atoms with Crippen LogP contribution in [0.5, 0.6) is 0 Å². The van der Waals surface area contributed by atoms with Crippen molar-refractivity contribution in [1.82, 2.24) is 0 Å². The van der Waals surface area contributed by atoms with E-state index in [1.807, 2.05) is 0 Å². The molecule has 0 spiro atoms. The molecule has 5 heteroatoms. The molecule has 7 heavy (non-hydrogen) atoms. The Labute approximate surface area is 56.9 Å². The Hall–Kier alpha value is 0.883. The third kappa shape index (κ3) is 3.46. The fraction of sp³-hybridized carbons (Fsp3) is 0. The molecular formula is C2F3IZn. The molecule has 0 aliphatic carbocycles. The summed E-state index contributed by atoms with van der Waals surface area (Å²) in [7, 11) is 0. The zero-order chi connectivity index (χ0) is 5.86. The van der Waals surface area contributed by atoms with Gasteiger partial charge in [-0.1, -0.05) is 0 Å². The van der Waals surface area contributed by atoms with Crippen molar-refractivity contribution in [3.05, 3.63) is 10.5 Å². The van der Waals surface area contributed by atoms with Crippen LogP contribution in [0.15, 0.2) is 10.5 Å². The minimum absolute atomic E-state index is 1.15. The van der Waals surface area contributed by atoms with Gasteiger partial charge in [0.1, 0.15) is 0 Å². The van der Waals surface area contributed by atoms with Gasteiger partial charge in [0.2, 0.25) is 0 Å². The first kappa shape index (κ1) is 7.88. The summed E-state index contributed by atoms with van der Waals surface area (Å²) in [5, 5.41) is 0. The summed E-state index contributed by atoms with van der Waals surface area (Å²) in [6.07, 6.45) is -2.13. The molecule has 0 amide bonds. The van der Waals surface area contributed by atoms with Gasteiger partial charge in [-0.25, -0.2) is 0 Å². The van der Waals surface area contributed by atoms with Crippen LogP contribution in [0.3, 0.4) is 0 Å². The van der Waals surface area contributed by atoms with E-state index in [4.69, 9.17) is 0 Å². The molecule has 0 aromatic carbocycles. The average Bonchev–Trinajstić information content (AvgIpc) is 1.65. The van der Waals surface area contributed by atoms with E-state index in [-0.39, 0.29) is 0 Å². The average molecular weight is 273 g/mol. The van der Waals surface area contributed by atoms with Gasteiger partial charge in [-0.05, 0) is 0 Å². The summed E-state index contributed by atoms with van der Waals surface area (Å²) in [5.41, 5.74) is 0. The van der Waals surface area contributed by atoms with E-state index in [0.29, 0.717) is 0 Å². The molecule has 0 fully saturated rings. The maximum atomic E-state index is 11.5. The van der Waals surface area contributed by atoms with Gasteiger partial charge in [0.05, 0.1) is 0 Å². The number of rotatable bonds is 1. The molecular weight excluding hydrogens is 273 g/mol. The van der Waals surface area contributed by atoms with Crippen LogP contribution in [0.2, 0.25) is 0 Å². The van der Waals surface area contributed by atoms with E-state index in [0.717, 1.165) is 0 Å². The van der Waals surface area contributed by atoms with E-state index < -0.39 is 24.1 Å². The molecule has 0 atom stereocenters. The van der Waals surface area contributed by atoms with Gasteiger partial charge in [0.25, 0.3) is 0 Å². The molecule has 0 bridgehead atoms. The second-order valence-electron chi connectivity index (χ2n) is 0.799. The molecule has 0 heterocycles. The molecule has 0 unspecified atom stereocenters. The van der Waals surface area contributed by atoms with Crippen LogP contribution in [-0.2, 0) is 13.6 Å². The standard InChI is InChI=1S/C2F3.HI.Zn/c3-1-2(4)5;;/h;1H;/q;;+1/p-1. The zero-order valence-electron chi connectivity index (χ0n) is 3.22. The molecule has 0 N–H and O–H groups in total. The predicted octanol–water partition coefficient (Wildman–Crippen LogP) is 2.45. The van der Waals surface area contributed by atoms with Crippen molar-refractivity contribution in [2.75, 3.05) is 0 Å². The second kappa shape index (κ2) is 3.83. The number of hydrogen-bond donors (Lipinski definition) is 0. The monoisotopic (exact) mass is 272 g/mol. The number of halogens is 4. The van der Waals surface area contributed by atoms with Crippen molar-refractivity contribution in [3.63, 3.8) is 0 Å². The fourth-order valence-corrected chi connectivity index (χ4v) is 1.76. The summed E-state index contributed by atoms with van der Waals surface area (Å²) in [6.45, 7) is 0. The van der Waals surface area contributed by atoms with E-state index >= 15 is 0 Å². The molecule has 38 valence electrons. The zero-order valence-corrected chi connectivity index (χ0v) is 8.34. The van der Waals surface area contributed by atoms with Crippen molar-refractivity contribution < 1.29 is 26.8 Å². The van der Waals surface area contributed by atoms with Gasteiger partial charge < -0.3 is 0 Å².